The van der Waals surface area contributed by atoms with Crippen molar-refractivity contribution in [2.24, 2.45) is 5.41 Å². The van der Waals surface area contributed by atoms with Crippen molar-refractivity contribution in [1.82, 2.24) is 20.5 Å². The van der Waals surface area contributed by atoms with Gasteiger partial charge in [-0.05, 0) is 39.4 Å². The standard InChI is InChI=1S/C15H28N4OS/c1-11-12(21-10-17-11)9-16-14(20)18-13(15(2,3)4)7-8-19(5)6/h10,13H,7-9H2,1-6H3,(H2,16,18,20). The van der Waals surface area contributed by atoms with Gasteiger partial charge < -0.3 is 15.5 Å². The summed E-state index contributed by atoms with van der Waals surface area (Å²) in [5.41, 5.74) is 2.83. The molecule has 0 saturated heterocycles. The van der Waals surface area contributed by atoms with E-state index in [9.17, 15) is 4.79 Å². The molecule has 0 saturated carbocycles. The number of rotatable bonds is 6. The van der Waals surface area contributed by atoms with Crippen LogP contribution in [0, 0.1) is 12.3 Å². The molecule has 0 spiro atoms. The predicted molar refractivity (Wildman–Crippen MR) is 88.6 cm³/mol. The van der Waals surface area contributed by atoms with Crippen LogP contribution in [0.25, 0.3) is 0 Å². The number of nitrogens with one attached hydrogen (secondary N) is 2. The van der Waals surface area contributed by atoms with Crippen LogP contribution in [0.5, 0.6) is 0 Å². The molecule has 6 heteroatoms. The van der Waals surface area contributed by atoms with Crippen LogP contribution < -0.4 is 10.6 Å². The van der Waals surface area contributed by atoms with Crippen LogP contribution in [0.1, 0.15) is 37.8 Å². The number of hydrogen-bond acceptors (Lipinski definition) is 4. The van der Waals surface area contributed by atoms with Crippen molar-refractivity contribution in [2.45, 2.75) is 46.7 Å². The third-order valence-corrected chi connectivity index (χ3v) is 4.41. The Balaban J connectivity index is 2.50. The first-order valence-corrected chi connectivity index (χ1v) is 8.16. The van der Waals surface area contributed by atoms with Gasteiger partial charge in [0.15, 0.2) is 0 Å². The lowest BCUT2D eigenvalue weighted by Gasteiger charge is -2.32. The van der Waals surface area contributed by atoms with Gasteiger partial charge in [-0.3, -0.25) is 0 Å². The van der Waals surface area contributed by atoms with Crippen LogP contribution in [-0.2, 0) is 6.54 Å². The number of aryl methyl sites for hydroxylation is 1. The Morgan fingerprint density at radius 2 is 2.10 bits per heavy atom. The van der Waals surface area contributed by atoms with E-state index in [1.807, 2.05) is 21.0 Å². The predicted octanol–water partition coefficient (Wildman–Crippen LogP) is 2.62. The molecule has 0 aliphatic rings. The molecular formula is C15H28N4OS. The van der Waals surface area contributed by atoms with Crippen LogP contribution in [0.3, 0.4) is 0 Å². The highest BCUT2D eigenvalue weighted by Gasteiger charge is 2.26. The average Bonchev–Trinajstić information content (AvgIpc) is 2.76. The second-order valence-electron chi connectivity index (χ2n) is 6.70. The Bertz CT molecular complexity index is 451. The Hall–Kier alpha value is -1.14. The second kappa shape index (κ2) is 7.75. The molecule has 1 aromatic heterocycles. The van der Waals surface area contributed by atoms with Gasteiger partial charge in [-0.1, -0.05) is 20.8 Å². The molecule has 0 radical (unpaired) electrons. The topological polar surface area (TPSA) is 57.3 Å². The summed E-state index contributed by atoms with van der Waals surface area (Å²) in [4.78, 5) is 19.5. The van der Waals surface area contributed by atoms with Crippen LogP contribution in [0.2, 0.25) is 0 Å². The van der Waals surface area contributed by atoms with Gasteiger partial charge in [-0.2, -0.15) is 0 Å². The van der Waals surface area contributed by atoms with Crippen LogP contribution in [-0.4, -0.2) is 42.6 Å². The lowest BCUT2D eigenvalue weighted by Crippen LogP contribution is -2.48. The molecule has 1 atom stereocenters. The van der Waals surface area contributed by atoms with Gasteiger partial charge in [0.2, 0.25) is 0 Å². The van der Waals surface area contributed by atoms with Crippen molar-refractivity contribution in [1.29, 1.82) is 0 Å². The first kappa shape index (κ1) is 17.9. The summed E-state index contributed by atoms with van der Waals surface area (Å²) in [5, 5.41) is 6.02. The monoisotopic (exact) mass is 312 g/mol. The molecule has 1 unspecified atom stereocenters. The first-order valence-electron chi connectivity index (χ1n) is 7.28. The highest BCUT2D eigenvalue weighted by molar-refractivity contribution is 7.09. The minimum absolute atomic E-state index is 0.0355. The Morgan fingerprint density at radius 3 is 2.57 bits per heavy atom. The summed E-state index contributed by atoms with van der Waals surface area (Å²) >= 11 is 1.57. The van der Waals surface area contributed by atoms with Gasteiger partial charge >= 0.3 is 6.03 Å². The number of carbonyl (C=O) groups excluding carboxylic acids is 1. The number of carbonyl (C=O) groups is 1. The lowest BCUT2D eigenvalue weighted by molar-refractivity contribution is 0.206. The molecule has 0 aliphatic carbocycles. The molecule has 2 amide bonds. The zero-order valence-corrected chi connectivity index (χ0v) is 14.8. The third kappa shape index (κ3) is 6.44. The van der Waals surface area contributed by atoms with Gasteiger partial charge in [0.05, 0.1) is 17.7 Å². The number of nitrogens with zero attached hydrogens (tertiary/aromatic N) is 2. The highest BCUT2D eigenvalue weighted by Crippen LogP contribution is 2.22. The largest absolute Gasteiger partial charge is 0.335 e. The van der Waals surface area contributed by atoms with E-state index < -0.39 is 0 Å². The van der Waals surface area contributed by atoms with Crippen molar-refractivity contribution in [2.75, 3.05) is 20.6 Å². The fourth-order valence-electron chi connectivity index (χ4n) is 1.97. The normalized spacial score (nSPS) is 13.3. The molecule has 1 rings (SSSR count). The van der Waals surface area contributed by atoms with E-state index in [-0.39, 0.29) is 17.5 Å². The van der Waals surface area contributed by atoms with E-state index in [0.29, 0.717) is 6.54 Å². The van der Waals surface area contributed by atoms with Crippen LogP contribution >= 0.6 is 11.3 Å². The van der Waals surface area contributed by atoms with E-state index in [1.165, 1.54) is 0 Å². The number of urea groups is 1. The van der Waals surface area contributed by atoms with E-state index >= 15 is 0 Å². The van der Waals surface area contributed by atoms with Gasteiger partial charge in [0.1, 0.15) is 0 Å². The molecule has 1 aromatic rings. The Kier molecular flexibility index (Phi) is 6.61. The zero-order chi connectivity index (χ0) is 16.0. The van der Waals surface area contributed by atoms with E-state index in [2.05, 4.69) is 41.3 Å². The maximum Gasteiger partial charge on any atom is 0.315 e. The van der Waals surface area contributed by atoms with Crippen molar-refractivity contribution in [3.63, 3.8) is 0 Å². The molecule has 2 N–H and O–H groups in total. The van der Waals surface area contributed by atoms with Gasteiger partial charge in [0.25, 0.3) is 0 Å². The average molecular weight is 312 g/mol. The summed E-state index contributed by atoms with van der Waals surface area (Å²) in [6.45, 7) is 9.91. The molecule has 21 heavy (non-hydrogen) atoms. The molecular weight excluding hydrogens is 284 g/mol. The maximum absolute atomic E-state index is 12.1. The molecule has 5 nitrogen and oxygen atoms in total. The van der Waals surface area contributed by atoms with Crippen molar-refractivity contribution >= 4 is 17.4 Å². The SMILES string of the molecule is Cc1ncsc1CNC(=O)NC(CCN(C)C)C(C)(C)C. The second-order valence-corrected chi connectivity index (χ2v) is 7.64. The smallest absolute Gasteiger partial charge is 0.315 e. The van der Waals surface area contributed by atoms with Gasteiger partial charge in [-0.15, -0.1) is 11.3 Å². The summed E-state index contributed by atoms with van der Waals surface area (Å²) in [5.74, 6) is 0. The summed E-state index contributed by atoms with van der Waals surface area (Å²) in [7, 11) is 4.10. The molecule has 120 valence electrons. The third-order valence-electron chi connectivity index (χ3n) is 3.47. The van der Waals surface area contributed by atoms with E-state index in [0.717, 1.165) is 23.5 Å². The molecule has 0 aromatic carbocycles. The summed E-state index contributed by atoms with van der Waals surface area (Å²) in [6.07, 6.45) is 0.934. The summed E-state index contributed by atoms with van der Waals surface area (Å²) in [6, 6.07) is 0.0314. The van der Waals surface area contributed by atoms with E-state index in [4.69, 9.17) is 0 Å². The zero-order valence-electron chi connectivity index (χ0n) is 14.0. The Labute approximate surface area is 132 Å². The Morgan fingerprint density at radius 1 is 1.43 bits per heavy atom. The first-order chi connectivity index (χ1) is 9.70. The number of aromatic nitrogens is 1. The van der Waals surface area contributed by atoms with Crippen LogP contribution in [0.15, 0.2) is 5.51 Å². The van der Waals surface area contributed by atoms with Crippen molar-refractivity contribution in [3.8, 4) is 0 Å². The van der Waals surface area contributed by atoms with Gasteiger partial charge in [-0.25, -0.2) is 9.78 Å². The van der Waals surface area contributed by atoms with Crippen molar-refractivity contribution in [3.05, 3.63) is 16.1 Å². The lowest BCUT2D eigenvalue weighted by atomic mass is 9.85. The maximum atomic E-state index is 12.1. The van der Waals surface area contributed by atoms with Crippen molar-refractivity contribution < 1.29 is 4.79 Å². The minimum Gasteiger partial charge on any atom is -0.335 e. The molecule has 0 fully saturated rings. The van der Waals surface area contributed by atoms with Crippen LogP contribution in [0.4, 0.5) is 4.79 Å². The molecule has 1 heterocycles. The quantitative estimate of drug-likeness (QED) is 0.849. The number of hydrogen-bond donors (Lipinski definition) is 2. The highest BCUT2D eigenvalue weighted by atomic mass is 32.1. The van der Waals surface area contributed by atoms with E-state index in [1.54, 1.807) is 16.8 Å². The summed E-state index contributed by atoms with van der Waals surface area (Å²) < 4.78 is 0. The van der Waals surface area contributed by atoms with Gasteiger partial charge in [0, 0.05) is 10.9 Å². The minimum atomic E-state index is -0.110. The molecule has 0 aliphatic heterocycles. The number of amides is 2. The molecule has 0 bridgehead atoms. The fraction of sp³-hybridized carbons (Fsp3) is 0.733. The number of thiazole rings is 1. The fourth-order valence-corrected chi connectivity index (χ4v) is 2.69.